The minimum absolute atomic E-state index is 0.454. The molecule has 0 bridgehead atoms. The Morgan fingerprint density at radius 3 is 2.67 bits per heavy atom. The molecule has 1 heterocycles. The lowest BCUT2D eigenvalue weighted by Gasteiger charge is -2.12. The minimum atomic E-state index is 0.454. The second kappa shape index (κ2) is 6.45. The summed E-state index contributed by atoms with van der Waals surface area (Å²) in [7, 11) is 0. The maximum atomic E-state index is 4.45. The molecule has 1 aromatic heterocycles. The van der Waals surface area contributed by atoms with Gasteiger partial charge in [0.15, 0.2) is 0 Å². The molecule has 1 unspecified atom stereocenters. The highest BCUT2D eigenvalue weighted by atomic mass is 79.9. The maximum absolute atomic E-state index is 4.45. The Morgan fingerprint density at radius 1 is 1.33 bits per heavy atom. The van der Waals surface area contributed by atoms with Gasteiger partial charge in [-0.05, 0) is 38.0 Å². The van der Waals surface area contributed by atoms with Gasteiger partial charge in [-0.2, -0.15) is 0 Å². The van der Waals surface area contributed by atoms with Crippen LogP contribution in [0.1, 0.15) is 23.2 Å². The van der Waals surface area contributed by atoms with Gasteiger partial charge in [-0.25, -0.2) is 4.98 Å². The second-order valence-electron chi connectivity index (χ2n) is 4.50. The smallest absolute Gasteiger partial charge is 0.107 e. The lowest BCUT2D eigenvalue weighted by molar-refractivity contribution is 0.544. The third kappa shape index (κ3) is 4.19. The van der Waals surface area contributed by atoms with Crippen molar-refractivity contribution in [2.75, 3.05) is 0 Å². The highest BCUT2D eigenvalue weighted by molar-refractivity contribution is 9.10. The average molecular weight is 325 g/mol. The molecule has 0 spiro atoms. The minimum Gasteiger partial charge on any atom is -0.308 e. The van der Waals surface area contributed by atoms with Gasteiger partial charge in [-0.15, -0.1) is 11.3 Å². The number of benzene rings is 1. The number of nitrogens with zero attached hydrogens (tertiary/aromatic N) is 1. The average Bonchev–Trinajstić information content (AvgIpc) is 2.76. The monoisotopic (exact) mass is 324 g/mol. The molecule has 1 N–H and O–H groups in total. The van der Waals surface area contributed by atoms with Crippen LogP contribution in [0.5, 0.6) is 0 Å². The molecule has 1 atom stereocenters. The Morgan fingerprint density at radius 2 is 2.06 bits per heavy atom. The van der Waals surface area contributed by atoms with Gasteiger partial charge in [0, 0.05) is 28.1 Å². The van der Waals surface area contributed by atoms with Gasteiger partial charge in [0.2, 0.25) is 0 Å². The zero-order chi connectivity index (χ0) is 13.0. The number of hydrogen-bond acceptors (Lipinski definition) is 3. The molecule has 0 saturated carbocycles. The Kier molecular flexibility index (Phi) is 4.92. The lowest BCUT2D eigenvalue weighted by Crippen LogP contribution is -2.27. The maximum Gasteiger partial charge on any atom is 0.107 e. The van der Waals surface area contributed by atoms with E-state index in [1.807, 2.05) is 6.92 Å². The largest absolute Gasteiger partial charge is 0.308 e. The quantitative estimate of drug-likeness (QED) is 0.901. The van der Waals surface area contributed by atoms with Crippen molar-refractivity contribution in [3.8, 4) is 0 Å². The highest BCUT2D eigenvalue weighted by Crippen LogP contribution is 2.12. The summed E-state index contributed by atoms with van der Waals surface area (Å²) >= 11 is 5.17. The lowest BCUT2D eigenvalue weighted by atomic mass is 10.1. The van der Waals surface area contributed by atoms with Crippen LogP contribution in [-0.4, -0.2) is 11.0 Å². The van der Waals surface area contributed by atoms with E-state index in [1.165, 1.54) is 5.56 Å². The molecule has 96 valence electrons. The third-order valence-corrected chi connectivity index (χ3v) is 4.22. The first-order valence-corrected chi connectivity index (χ1v) is 7.69. The van der Waals surface area contributed by atoms with Gasteiger partial charge in [-0.3, -0.25) is 0 Å². The molecule has 2 aromatic rings. The number of aryl methyl sites for hydroxylation is 1. The topological polar surface area (TPSA) is 24.9 Å². The summed E-state index contributed by atoms with van der Waals surface area (Å²) in [4.78, 5) is 4.45. The molecule has 0 radical (unpaired) electrons. The Hall–Kier alpha value is -0.710. The van der Waals surface area contributed by atoms with Gasteiger partial charge in [0.05, 0.1) is 0 Å². The molecular formula is C14H17BrN2S. The van der Waals surface area contributed by atoms with Crippen LogP contribution in [0.25, 0.3) is 0 Å². The fourth-order valence-corrected chi connectivity index (χ4v) is 2.78. The standard InChI is InChI=1S/C14H17BrN2S/c1-10(7-12-3-5-13(15)6-4-12)16-8-14-17-11(2)9-18-14/h3-6,9-10,16H,7-8H2,1-2H3. The molecule has 0 fully saturated rings. The predicted molar refractivity (Wildman–Crippen MR) is 81.0 cm³/mol. The first-order chi connectivity index (χ1) is 8.63. The summed E-state index contributed by atoms with van der Waals surface area (Å²) in [6.45, 7) is 5.10. The van der Waals surface area contributed by atoms with E-state index in [0.717, 1.165) is 28.1 Å². The molecule has 2 nitrogen and oxygen atoms in total. The number of nitrogens with one attached hydrogen (secondary N) is 1. The number of aromatic nitrogens is 1. The van der Waals surface area contributed by atoms with E-state index in [4.69, 9.17) is 0 Å². The van der Waals surface area contributed by atoms with E-state index in [0.29, 0.717) is 6.04 Å². The summed E-state index contributed by atoms with van der Waals surface area (Å²) < 4.78 is 1.13. The van der Waals surface area contributed by atoms with Gasteiger partial charge < -0.3 is 5.32 Å². The SMILES string of the molecule is Cc1csc(CNC(C)Cc2ccc(Br)cc2)n1. The van der Waals surface area contributed by atoms with Crippen LogP contribution in [0.4, 0.5) is 0 Å². The van der Waals surface area contributed by atoms with Crippen LogP contribution in [0.15, 0.2) is 34.1 Å². The molecule has 0 amide bonds. The van der Waals surface area contributed by atoms with Crippen molar-refractivity contribution < 1.29 is 0 Å². The Balaban J connectivity index is 1.81. The summed E-state index contributed by atoms with van der Waals surface area (Å²) in [5.41, 5.74) is 2.46. The molecule has 0 aliphatic carbocycles. The summed E-state index contributed by atoms with van der Waals surface area (Å²) in [6, 6.07) is 8.96. The van der Waals surface area contributed by atoms with Crippen LogP contribution in [0, 0.1) is 6.92 Å². The molecular weight excluding hydrogens is 308 g/mol. The number of rotatable bonds is 5. The summed E-state index contributed by atoms with van der Waals surface area (Å²) in [5.74, 6) is 0. The second-order valence-corrected chi connectivity index (χ2v) is 6.35. The summed E-state index contributed by atoms with van der Waals surface area (Å²) in [6.07, 6.45) is 1.04. The zero-order valence-corrected chi connectivity index (χ0v) is 13.0. The van der Waals surface area contributed by atoms with Crippen molar-refractivity contribution >= 4 is 27.3 Å². The Labute approximate surface area is 121 Å². The molecule has 4 heteroatoms. The van der Waals surface area contributed by atoms with E-state index in [9.17, 15) is 0 Å². The normalized spacial score (nSPS) is 12.6. The van der Waals surface area contributed by atoms with E-state index in [-0.39, 0.29) is 0 Å². The highest BCUT2D eigenvalue weighted by Gasteiger charge is 2.05. The third-order valence-electron chi connectivity index (χ3n) is 2.72. The van der Waals surface area contributed by atoms with Crippen molar-refractivity contribution in [2.24, 2.45) is 0 Å². The van der Waals surface area contributed by atoms with Crippen molar-refractivity contribution in [2.45, 2.75) is 32.9 Å². The van der Waals surface area contributed by atoms with E-state index in [2.05, 4.69) is 62.8 Å². The van der Waals surface area contributed by atoms with Gasteiger partial charge in [-0.1, -0.05) is 28.1 Å². The van der Waals surface area contributed by atoms with E-state index in [1.54, 1.807) is 11.3 Å². The van der Waals surface area contributed by atoms with Crippen molar-refractivity contribution in [3.05, 3.63) is 50.4 Å². The fraction of sp³-hybridized carbons (Fsp3) is 0.357. The van der Waals surface area contributed by atoms with Crippen LogP contribution in [-0.2, 0) is 13.0 Å². The van der Waals surface area contributed by atoms with Crippen LogP contribution in [0.2, 0.25) is 0 Å². The molecule has 2 rings (SSSR count). The van der Waals surface area contributed by atoms with Crippen molar-refractivity contribution in [3.63, 3.8) is 0 Å². The van der Waals surface area contributed by atoms with Crippen LogP contribution < -0.4 is 5.32 Å². The number of hydrogen-bond donors (Lipinski definition) is 1. The molecule has 1 aromatic carbocycles. The van der Waals surface area contributed by atoms with E-state index < -0.39 is 0 Å². The van der Waals surface area contributed by atoms with Crippen molar-refractivity contribution in [1.82, 2.24) is 10.3 Å². The first kappa shape index (κ1) is 13.7. The zero-order valence-electron chi connectivity index (χ0n) is 10.6. The molecule has 18 heavy (non-hydrogen) atoms. The van der Waals surface area contributed by atoms with Gasteiger partial charge in [0.25, 0.3) is 0 Å². The fourth-order valence-electron chi connectivity index (χ4n) is 1.79. The molecule has 0 aliphatic heterocycles. The van der Waals surface area contributed by atoms with Crippen molar-refractivity contribution in [1.29, 1.82) is 0 Å². The summed E-state index contributed by atoms with van der Waals surface area (Å²) in [5, 5.41) is 6.77. The predicted octanol–water partition coefficient (Wildman–Crippen LogP) is 3.93. The Bertz CT molecular complexity index is 493. The molecule has 0 saturated heterocycles. The number of thiazole rings is 1. The van der Waals surface area contributed by atoms with Gasteiger partial charge in [0.1, 0.15) is 5.01 Å². The van der Waals surface area contributed by atoms with Crippen LogP contribution in [0.3, 0.4) is 0 Å². The van der Waals surface area contributed by atoms with Crippen LogP contribution >= 0.6 is 27.3 Å². The first-order valence-electron chi connectivity index (χ1n) is 6.02. The molecule has 0 aliphatic rings. The van der Waals surface area contributed by atoms with E-state index >= 15 is 0 Å². The number of halogens is 1. The van der Waals surface area contributed by atoms with Gasteiger partial charge >= 0.3 is 0 Å².